The fourth-order valence-electron chi connectivity index (χ4n) is 5.55. The van der Waals surface area contributed by atoms with Crippen molar-refractivity contribution in [1.82, 2.24) is 10.2 Å². The summed E-state index contributed by atoms with van der Waals surface area (Å²) in [6.45, 7) is 4.29. The summed E-state index contributed by atoms with van der Waals surface area (Å²) in [5.41, 5.74) is 1.70. The number of benzene rings is 2. The van der Waals surface area contributed by atoms with Crippen LogP contribution in [0.3, 0.4) is 0 Å². The fraction of sp³-hybridized carbons (Fsp3) is 0.448. The average Bonchev–Trinajstić information content (AvgIpc) is 3.17. The summed E-state index contributed by atoms with van der Waals surface area (Å²) in [6, 6.07) is 12.8. The van der Waals surface area contributed by atoms with Crippen molar-refractivity contribution in [1.29, 1.82) is 0 Å². The van der Waals surface area contributed by atoms with Crippen molar-refractivity contribution in [2.24, 2.45) is 10.9 Å². The normalized spacial score (nSPS) is 22.1. The van der Waals surface area contributed by atoms with Gasteiger partial charge in [-0.25, -0.2) is 4.39 Å². The van der Waals surface area contributed by atoms with Gasteiger partial charge in [0.2, 0.25) is 0 Å². The number of carbonyl (C=O) groups excluding carboxylic acids is 2. The summed E-state index contributed by atoms with van der Waals surface area (Å²) < 4.78 is 13.6. The number of carbonyl (C=O) groups is 3. The first-order chi connectivity index (χ1) is 17.8. The molecular weight excluding hydrogens is 473 g/mol. The van der Waals surface area contributed by atoms with Gasteiger partial charge in [0, 0.05) is 17.7 Å². The molecule has 0 saturated heterocycles. The highest BCUT2D eigenvalue weighted by atomic mass is 19.1. The molecular formula is C29H34FN3O4. The van der Waals surface area contributed by atoms with Gasteiger partial charge >= 0.3 is 5.97 Å². The predicted molar refractivity (Wildman–Crippen MR) is 139 cm³/mol. The first kappa shape index (κ1) is 26.5. The molecule has 196 valence electrons. The SMILES string of the molecule is CCC1CCC2(CC1)N=C(c1ccc(F)cc1)C(=O)N2C(CC)c1ccc(C(=O)NCCC(=O)O)cc1. The van der Waals surface area contributed by atoms with E-state index in [2.05, 4.69) is 12.2 Å². The van der Waals surface area contributed by atoms with E-state index in [1.54, 1.807) is 24.3 Å². The van der Waals surface area contributed by atoms with Gasteiger partial charge in [0.15, 0.2) is 0 Å². The summed E-state index contributed by atoms with van der Waals surface area (Å²) in [5, 5.41) is 11.4. The summed E-state index contributed by atoms with van der Waals surface area (Å²) in [5.74, 6) is -1.20. The molecule has 1 aliphatic carbocycles. The average molecular weight is 508 g/mol. The van der Waals surface area contributed by atoms with Crippen LogP contribution in [0.1, 0.15) is 86.3 Å². The molecule has 1 heterocycles. The molecule has 1 spiro atoms. The quantitative estimate of drug-likeness (QED) is 0.493. The van der Waals surface area contributed by atoms with Gasteiger partial charge in [-0.3, -0.25) is 19.4 Å². The van der Waals surface area contributed by atoms with E-state index < -0.39 is 11.6 Å². The molecule has 1 aliphatic heterocycles. The Labute approximate surface area is 216 Å². The van der Waals surface area contributed by atoms with Gasteiger partial charge in [-0.15, -0.1) is 0 Å². The van der Waals surface area contributed by atoms with Gasteiger partial charge < -0.3 is 15.3 Å². The molecule has 2 amide bonds. The predicted octanol–water partition coefficient (Wildman–Crippen LogP) is 5.11. The van der Waals surface area contributed by atoms with Gasteiger partial charge in [-0.2, -0.15) is 0 Å². The summed E-state index contributed by atoms with van der Waals surface area (Å²) in [6.07, 6.45) is 5.17. The summed E-state index contributed by atoms with van der Waals surface area (Å²) >= 11 is 0. The maximum Gasteiger partial charge on any atom is 0.305 e. The number of hydrogen-bond acceptors (Lipinski definition) is 4. The van der Waals surface area contributed by atoms with Crippen LogP contribution in [0.2, 0.25) is 0 Å². The number of hydrogen-bond donors (Lipinski definition) is 2. The lowest BCUT2D eigenvalue weighted by atomic mass is 9.79. The third kappa shape index (κ3) is 5.58. The van der Waals surface area contributed by atoms with Gasteiger partial charge in [-0.05, 0) is 80.0 Å². The maximum absolute atomic E-state index is 13.9. The Bertz CT molecular complexity index is 1170. The van der Waals surface area contributed by atoms with Crippen LogP contribution < -0.4 is 5.32 Å². The topological polar surface area (TPSA) is 99.1 Å². The summed E-state index contributed by atoms with van der Waals surface area (Å²) in [4.78, 5) is 44.0. The Kier molecular flexibility index (Phi) is 8.05. The molecule has 2 aromatic carbocycles. The largest absolute Gasteiger partial charge is 0.481 e. The van der Waals surface area contributed by atoms with Gasteiger partial charge in [0.1, 0.15) is 17.2 Å². The molecule has 4 rings (SSSR count). The number of nitrogens with one attached hydrogen (secondary N) is 1. The van der Waals surface area contributed by atoms with Crippen LogP contribution in [-0.4, -0.2) is 45.7 Å². The fourth-order valence-corrected chi connectivity index (χ4v) is 5.55. The second-order valence-corrected chi connectivity index (χ2v) is 9.92. The minimum atomic E-state index is -0.971. The molecule has 0 bridgehead atoms. The van der Waals surface area contributed by atoms with Crippen molar-refractivity contribution in [3.8, 4) is 0 Å². The highest BCUT2D eigenvalue weighted by Gasteiger charge is 2.51. The molecule has 2 N–H and O–H groups in total. The minimum absolute atomic E-state index is 0.0561. The molecule has 1 unspecified atom stereocenters. The standard InChI is InChI=1S/C29H34FN3O4/c1-3-19-13-16-29(17-14-19)32-26(21-9-11-23(30)12-10-21)28(37)33(29)24(4-2)20-5-7-22(8-6-20)27(36)31-18-15-25(34)35/h5-12,19,24H,3-4,13-18H2,1-2H3,(H,31,36)(H,34,35). The van der Waals surface area contributed by atoms with Crippen LogP contribution >= 0.6 is 0 Å². The lowest BCUT2D eigenvalue weighted by Crippen LogP contribution is -2.50. The van der Waals surface area contributed by atoms with E-state index in [9.17, 15) is 18.8 Å². The third-order valence-electron chi connectivity index (χ3n) is 7.67. The highest BCUT2D eigenvalue weighted by Crippen LogP contribution is 2.47. The van der Waals surface area contributed by atoms with Crippen LogP contribution in [0.25, 0.3) is 0 Å². The first-order valence-corrected chi connectivity index (χ1v) is 13.1. The Morgan fingerprint density at radius 2 is 1.76 bits per heavy atom. The second-order valence-electron chi connectivity index (χ2n) is 9.92. The number of halogens is 1. The molecule has 1 saturated carbocycles. The van der Waals surface area contributed by atoms with Crippen LogP contribution in [0.15, 0.2) is 53.5 Å². The van der Waals surface area contributed by atoms with Crippen LogP contribution in [-0.2, 0) is 9.59 Å². The van der Waals surface area contributed by atoms with E-state index in [1.807, 2.05) is 24.0 Å². The molecule has 0 radical (unpaired) electrons. The number of carboxylic acid groups (broad SMARTS) is 1. The van der Waals surface area contributed by atoms with Crippen molar-refractivity contribution in [2.75, 3.05) is 6.54 Å². The van der Waals surface area contributed by atoms with Crippen molar-refractivity contribution in [3.63, 3.8) is 0 Å². The number of carboxylic acids is 1. The van der Waals surface area contributed by atoms with E-state index in [1.165, 1.54) is 12.1 Å². The van der Waals surface area contributed by atoms with Crippen molar-refractivity contribution in [3.05, 3.63) is 71.0 Å². The smallest absolute Gasteiger partial charge is 0.305 e. The molecule has 2 aromatic rings. The lowest BCUT2D eigenvalue weighted by Gasteiger charge is -2.45. The van der Waals surface area contributed by atoms with E-state index in [0.717, 1.165) is 37.7 Å². The monoisotopic (exact) mass is 507 g/mol. The van der Waals surface area contributed by atoms with E-state index >= 15 is 0 Å². The number of aliphatic imine (C=N–C) groups is 1. The van der Waals surface area contributed by atoms with Crippen LogP contribution in [0.4, 0.5) is 4.39 Å². The molecule has 37 heavy (non-hydrogen) atoms. The Balaban J connectivity index is 1.62. The second kappa shape index (κ2) is 11.2. The number of nitrogens with zero attached hydrogens (tertiary/aromatic N) is 2. The number of aliphatic carboxylic acids is 1. The van der Waals surface area contributed by atoms with Crippen molar-refractivity contribution in [2.45, 2.75) is 70.5 Å². The van der Waals surface area contributed by atoms with E-state index in [4.69, 9.17) is 10.1 Å². The lowest BCUT2D eigenvalue weighted by molar-refractivity contribution is -0.137. The molecule has 7 nitrogen and oxygen atoms in total. The maximum atomic E-state index is 13.9. The Morgan fingerprint density at radius 1 is 1.11 bits per heavy atom. The molecule has 1 fully saturated rings. The zero-order valence-corrected chi connectivity index (χ0v) is 21.4. The van der Waals surface area contributed by atoms with Crippen molar-refractivity contribution >= 4 is 23.5 Å². The Morgan fingerprint density at radius 3 is 2.32 bits per heavy atom. The van der Waals surface area contributed by atoms with Crippen molar-refractivity contribution < 1.29 is 23.9 Å². The highest BCUT2D eigenvalue weighted by molar-refractivity contribution is 6.46. The third-order valence-corrected chi connectivity index (χ3v) is 7.67. The van der Waals surface area contributed by atoms with Crippen LogP contribution in [0.5, 0.6) is 0 Å². The molecule has 0 aromatic heterocycles. The molecule has 2 aliphatic rings. The first-order valence-electron chi connectivity index (χ1n) is 13.1. The molecule has 8 heteroatoms. The van der Waals surface area contributed by atoms with Gasteiger partial charge in [0.05, 0.1) is 12.5 Å². The van der Waals surface area contributed by atoms with Gasteiger partial charge in [-0.1, -0.05) is 32.4 Å². The Hall–Kier alpha value is -3.55. The molecule has 1 atom stereocenters. The zero-order valence-electron chi connectivity index (χ0n) is 21.4. The van der Waals surface area contributed by atoms with Gasteiger partial charge in [0.25, 0.3) is 11.8 Å². The van der Waals surface area contributed by atoms with Crippen LogP contribution in [0, 0.1) is 11.7 Å². The van der Waals surface area contributed by atoms with E-state index in [-0.39, 0.29) is 36.6 Å². The number of amides is 2. The summed E-state index contributed by atoms with van der Waals surface area (Å²) in [7, 11) is 0. The minimum Gasteiger partial charge on any atom is -0.481 e. The number of rotatable bonds is 9. The van der Waals surface area contributed by atoms with E-state index in [0.29, 0.717) is 29.2 Å². The zero-order chi connectivity index (χ0) is 26.6.